The van der Waals surface area contributed by atoms with Gasteiger partial charge >= 0.3 is 0 Å². The average molecular weight is 479 g/mol. The summed E-state index contributed by atoms with van der Waals surface area (Å²) in [5.74, 6) is -1.08. The van der Waals surface area contributed by atoms with Gasteiger partial charge in [0, 0.05) is 38.8 Å². The lowest BCUT2D eigenvalue weighted by molar-refractivity contribution is 0.113. The lowest BCUT2D eigenvalue weighted by atomic mass is 10.1. The average Bonchev–Trinajstić information content (AvgIpc) is 3.12. The molecule has 2 aliphatic rings. The van der Waals surface area contributed by atoms with Gasteiger partial charge in [0.25, 0.3) is 0 Å². The Morgan fingerprint density at radius 1 is 0.938 bits per heavy atom. The van der Waals surface area contributed by atoms with Gasteiger partial charge in [-0.15, -0.1) is 0 Å². The molecule has 0 aromatic heterocycles. The van der Waals surface area contributed by atoms with E-state index < -0.39 is 42.5 Å². The molecule has 2 aliphatic heterocycles. The van der Waals surface area contributed by atoms with E-state index in [1.54, 1.807) is 0 Å². The Morgan fingerprint density at radius 2 is 1.59 bits per heavy atom. The third-order valence-corrected chi connectivity index (χ3v) is 10.3. The minimum atomic E-state index is -3.90. The van der Waals surface area contributed by atoms with Gasteiger partial charge in [-0.05, 0) is 29.8 Å². The van der Waals surface area contributed by atoms with Crippen molar-refractivity contribution < 1.29 is 21.2 Å². The minimum Gasteiger partial charge on any atom is -0.297 e. The van der Waals surface area contributed by atoms with E-state index in [-0.39, 0.29) is 10.6 Å². The highest BCUT2D eigenvalue weighted by Crippen LogP contribution is 2.29. The highest BCUT2D eigenvalue weighted by Gasteiger charge is 2.48. The lowest BCUT2D eigenvalue weighted by Gasteiger charge is -2.39. The summed E-state index contributed by atoms with van der Waals surface area (Å²) in [6.45, 7) is 3.46. The normalized spacial score (nSPS) is 24.8. The van der Waals surface area contributed by atoms with Crippen molar-refractivity contribution in [3.05, 3.63) is 72.1 Å². The molecule has 32 heavy (non-hydrogen) atoms. The first-order valence-electron chi connectivity index (χ1n) is 10.6. The van der Waals surface area contributed by atoms with Gasteiger partial charge in [0.2, 0.25) is 0 Å². The van der Waals surface area contributed by atoms with Gasteiger partial charge in [0.05, 0.1) is 21.7 Å². The molecule has 9 heteroatoms. The van der Waals surface area contributed by atoms with E-state index in [4.69, 9.17) is 0 Å². The van der Waals surface area contributed by atoms with Gasteiger partial charge in [0.1, 0.15) is 5.82 Å². The molecule has 2 aromatic carbocycles. The molecule has 2 saturated heterocycles. The van der Waals surface area contributed by atoms with Crippen LogP contribution in [-0.2, 0) is 19.7 Å². The molecule has 0 amide bonds. The van der Waals surface area contributed by atoms with Crippen molar-refractivity contribution in [1.29, 1.82) is 0 Å². The van der Waals surface area contributed by atoms with Crippen LogP contribution in [0.4, 0.5) is 4.39 Å². The van der Waals surface area contributed by atoms with Crippen LogP contribution in [0.25, 0.3) is 6.08 Å². The Balaban J connectivity index is 1.42. The van der Waals surface area contributed by atoms with Crippen LogP contribution in [-0.4, -0.2) is 82.2 Å². The Kier molecular flexibility index (Phi) is 6.80. The predicted molar refractivity (Wildman–Crippen MR) is 123 cm³/mol. The first-order valence-corrected chi connectivity index (χ1v) is 14.0. The lowest BCUT2D eigenvalue weighted by Crippen LogP contribution is -2.54. The Labute approximate surface area is 189 Å². The van der Waals surface area contributed by atoms with Crippen LogP contribution in [0.1, 0.15) is 5.56 Å². The fraction of sp³-hybridized carbons (Fsp3) is 0.391. The number of hydrogen-bond acceptors (Lipinski definition) is 6. The quantitative estimate of drug-likeness (QED) is 0.592. The smallest absolute Gasteiger partial charge is 0.183 e. The molecule has 2 unspecified atom stereocenters. The van der Waals surface area contributed by atoms with E-state index in [0.717, 1.165) is 37.3 Å². The second kappa shape index (κ2) is 9.43. The number of piperazine rings is 1. The first kappa shape index (κ1) is 23.1. The monoisotopic (exact) mass is 478 g/mol. The summed E-state index contributed by atoms with van der Waals surface area (Å²) in [5.41, 5.74) is 1.14. The van der Waals surface area contributed by atoms with Gasteiger partial charge < -0.3 is 0 Å². The van der Waals surface area contributed by atoms with Gasteiger partial charge in [-0.1, -0.05) is 42.5 Å². The van der Waals surface area contributed by atoms with E-state index in [1.165, 1.54) is 12.1 Å². The van der Waals surface area contributed by atoms with Crippen LogP contribution in [0.2, 0.25) is 0 Å². The number of rotatable bonds is 6. The first-order chi connectivity index (χ1) is 15.2. The molecule has 4 rings (SSSR count). The van der Waals surface area contributed by atoms with Crippen LogP contribution in [0.3, 0.4) is 0 Å². The highest BCUT2D eigenvalue weighted by molar-refractivity contribution is 7.96. The zero-order valence-corrected chi connectivity index (χ0v) is 19.3. The molecule has 0 spiro atoms. The third-order valence-electron chi connectivity index (χ3n) is 6.16. The zero-order chi connectivity index (χ0) is 22.8. The van der Waals surface area contributed by atoms with Gasteiger partial charge in [0.15, 0.2) is 19.7 Å². The molecule has 0 saturated carbocycles. The summed E-state index contributed by atoms with van der Waals surface area (Å²) in [7, 11) is -7.37. The maximum Gasteiger partial charge on any atom is 0.183 e. The third kappa shape index (κ3) is 5.28. The Hall–Kier alpha value is -2.07. The van der Waals surface area contributed by atoms with Gasteiger partial charge in [-0.3, -0.25) is 9.80 Å². The Bertz CT molecular complexity index is 1160. The standard InChI is InChI=1S/C23H27FN2O4S2/c24-20-8-10-21(11-9-20)32(29,30)23-18-31(27,28)17-22(23)26-15-13-25(14-16-26)12-4-7-19-5-2-1-3-6-19/h1-11,22-23H,12-18H2. The fourth-order valence-electron chi connectivity index (χ4n) is 4.41. The van der Waals surface area contributed by atoms with Crippen LogP contribution < -0.4 is 0 Å². The molecule has 0 aliphatic carbocycles. The number of sulfone groups is 2. The van der Waals surface area contributed by atoms with E-state index in [1.807, 2.05) is 35.2 Å². The van der Waals surface area contributed by atoms with Gasteiger partial charge in [-0.25, -0.2) is 21.2 Å². The molecule has 2 heterocycles. The predicted octanol–water partition coefficient (Wildman–Crippen LogP) is 2.10. The second-order valence-electron chi connectivity index (χ2n) is 8.33. The van der Waals surface area contributed by atoms with Crippen molar-refractivity contribution in [1.82, 2.24) is 9.80 Å². The van der Waals surface area contributed by atoms with E-state index in [9.17, 15) is 21.2 Å². The summed E-state index contributed by atoms with van der Waals surface area (Å²) in [6, 6.07) is 14.1. The van der Waals surface area contributed by atoms with Crippen LogP contribution in [0.15, 0.2) is 65.6 Å². The highest BCUT2D eigenvalue weighted by atomic mass is 32.2. The Morgan fingerprint density at radius 3 is 2.25 bits per heavy atom. The molecule has 0 bridgehead atoms. The number of benzene rings is 2. The molecule has 2 atom stereocenters. The van der Waals surface area contributed by atoms with Crippen molar-refractivity contribution in [2.45, 2.75) is 16.2 Å². The second-order valence-corrected chi connectivity index (χ2v) is 12.7. The van der Waals surface area contributed by atoms with Crippen LogP contribution >= 0.6 is 0 Å². The summed E-state index contributed by atoms with van der Waals surface area (Å²) in [6.07, 6.45) is 4.17. The van der Waals surface area contributed by atoms with Gasteiger partial charge in [-0.2, -0.15) is 0 Å². The molecule has 6 nitrogen and oxygen atoms in total. The van der Waals surface area contributed by atoms with Crippen molar-refractivity contribution >= 4 is 25.8 Å². The van der Waals surface area contributed by atoms with Crippen molar-refractivity contribution in [3.8, 4) is 0 Å². The van der Waals surface area contributed by atoms with E-state index in [2.05, 4.69) is 17.1 Å². The van der Waals surface area contributed by atoms with Crippen LogP contribution in [0, 0.1) is 5.82 Å². The molecule has 0 N–H and O–H groups in total. The molecule has 0 radical (unpaired) electrons. The molecule has 2 aromatic rings. The molecular formula is C23H27FN2O4S2. The molecular weight excluding hydrogens is 451 g/mol. The minimum absolute atomic E-state index is 0.0318. The van der Waals surface area contributed by atoms with Crippen molar-refractivity contribution in [2.24, 2.45) is 0 Å². The maximum atomic E-state index is 13.3. The van der Waals surface area contributed by atoms with Crippen molar-refractivity contribution in [3.63, 3.8) is 0 Å². The topological polar surface area (TPSA) is 74.8 Å². The number of hydrogen-bond donors (Lipinski definition) is 0. The van der Waals surface area contributed by atoms with Crippen LogP contribution in [0.5, 0.6) is 0 Å². The van der Waals surface area contributed by atoms with Crippen molar-refractivity contribution in [2.75, 3.05) is 44.2 Å². The molecule has 2 fully saturated rings. The summed E-state index contributed by atoms with van der Waals surface area (Å²) >= 11 is 0. The van der Waals surface area contributed by atoms with E-state index >= 15 is 0 Å². The summed E-state index contributed by atoms with van der Waals surface area (Å²) in [5, 5.41) is -1.04. The number of halogens is 1. The summed E-state index contributed by atoms with van der Waals surface area (Å²) in [4.78, 5) is 4.23. The zero-order valence-electron chi connectivity index (χ0n) is 17.7. The fourth-order valence-corrected chi connectivity index (χ4v) is 9.24. The SMILES string of the molecule is O=S1(=O)CC(N2CCN(CC=Cc3ccccc3)CC2)C(S(=O)(=O)c2ccc(F)cc2)C1. The van der Waals surface area contributed by atoms with E-state index in [0.29, 0.717) is 13.1 Å². The number of nitrogens with zero attached hydrogens (tertiary/aromatic N) is 2. The largest absolute Gasteiger partial charge is 0.297 e. The summed E-state index contributed by atoms with van der Waals surface area (Å²) < 4.78 is 64.4. The molecule has 172 valence electrons. The maximum absolute atomic E-state index is 13.3.